The fourth-order valence-corrected chi connectivity index (χ4v) is 2.21. The zero-order valence-corrected chi connectivity index (χ0v) is 11.4. The predicted octanol–water partition coefficient (Wildman–Crippen LogP) is 1.87. The number of carbonyl (C=O) groups is 1. The molecule has 1 aliphatic carbocycles. The molecule has 0 aliphatic heterocycles. The summed E-state index contributed by atoms with van der Waals surface area (Å²) in [6.07, 6.45) is 2.22. The van der Waals surface area contributed by atoms with Crippen molar-refractivity contribution in [3.05, 3.63) is 34.9 Å². The molecule has 0 spiro atoms. The Morgan fingerprint density at radius 2 is 2.32 bits per heavy atom. The van der Waals surface area contributed by atoms with Gasteiger partial charge in [-0.05, 0) is 43.0 Å². The minimum atomic E-state index is -0.151. The van der Waals surface area contributed by atoms with E-state index in [1.165, 1.54) is 0 Å². The molecule has 2 rings (SSSR count). The molecule has 19 heavy (non-hydrogen) atoms. The molecule has 0 bridgehead atoms. The molecule has 1 aromatic rings. The van der Waals surface area contributed by atoms with Crippen molar-refractivity contribution in [2.45, 2.75) is 32.7 Å². The van der Waals surface area contributed by atoms with Gasteiger partial charge in [0.1, 0.15) is 6.61 Å². The lowest BCUT2D eigenvalue weighted by molar-refractivity contribution is 0.0949. The highest BCUT2D eigenvalue weighted by Gasteiger charge is 2.36. The molecule has 0 saturated heterocycles. The molecular weight excluding hydrogens is 238 g/mol. The number of rotatable bonds is 3. The number of amides is 1. The van der Waals surface area contributed by atoms with Crippen molar-refractivity contribution in [3.8, 4) is 11.8 Å². The van der Waals surface area contributed by atoms with Crippen LogP contribution >= 0.6 is 0 Å². The molecule has 2 atom stereocenters. The molecule has 2 N–H and O–H groups in total. The zero-order chi connectivity index (χ0) is 13.8. The van der Waals surface area contributed by atoms with Gasteiger partial charge in [-0.15, -0.1) is 0 Å². The highest BCUT2D eigenvalue weighted by Crippen LogP contribution is 2.33. The van der Waals surface area contributed by atoms with E-state index in [0.29, 0.717) is 17.5 Å². The molecule has 1 fully saturated rings. The van der Waals surface area contributed by atoms with Crippen molar-refractivity contribution in [1.29, 1.82) is 0 Å². The lowest BCUT2D eigenvalue weighted by Crippen LogP contribution is -2.26. The fraction of sp³-hybridized carbons (Fsp3) is 0.438. The van der Waals surface area contributed by atoms with E-state index in [9.17, 15) is 4.79 Å². The second kappa shape index (κ2) is 5.90. The number of nitrogens with one attached hydrogen (secondary N) is 1. The van der Waals surface area contributed by atoms with E-state index in [-0.39, 0.29) is 12.5 Å². The highest BCUT2D eigenvalue weighted by atomic mass is 16.2. The van der Waals surface area contributed by atoms with Crippen LogP contribution < -0.4 is 5.32 Å². The van der Waals surface area contributed by atoms with E-state index < -0.39 is 0 Å². The summed E-state index contributed by atoms with van der Waals surface area (Å²) >= 11 is 0. The van der Waals surface area contributed by atoms with Crippen LogP contribution in [0.1, 0.15) is 41.3 Å². The van der Waals surface area contributed by atoms with Crippen molar-refractivity contribution in [3.63, 3.8) is 0 Å². The Morgan fingerprint density at radius 1 is 1.53 bits per heavy atom. The molecule has 1 saturated carbocycles. The molecule has 0 radical (unpaired) electrons. The Hall–Kier alpha value is -1.79. The molecular formula is C16H19NO2. The maximum atomic E-state index is 12.0. The van der Waals surface area contributed by atoms with Crippen molar-refractivity contribution >= 4 is 5.91 Å². The van der Waals surface area contributed by atoms with E-state index in [1.807, 2.05) is 19.1 Å². The molecule has 0 aromatic heterocycles. The molecule has 0 heterocycles. The van der Waals surface area contributed by atoms with Gasteiger partial charge >= 0.3 is 0 Å². The summed E-state index contributed by atoms with van der Waals surface area (Å²) in [5, 5.41) is 11.7. The maximum absolute atomic E-state index is 12.0. The summed E-state index contributed by atoms with van der Waals surface area (Å²) in [5.74, 6) is 6.12. The molecule has 3 heteroatoms. The summed E-state index contributed by atoms with van der Waals surface area (Å²) in [7, 11) is 0. The third-order valence-electron chi connectivity index (χ3n) is 3.55. The average molecular weight is 257 g/mol. The van der Waals surface area contributed by atoms with Gasteiger partial charge in [-0.25, -0.2) is 0 Å². The number of aliphatic hydroxyl groups excluding tert-OH is 1. The van der Waals surface area contributed by atoms with Gasteiger partial charge in [-0.2, -0.15) is 0 Å². The second-order valence-electron chi connectivity index (χ2n) is 4.97. The van der Waals surface area contributed by atoms with Crippen LogP contribution in [-0.4, -0.2) is 23.7 Å². The van der Waals surface area contributed by atoms with Gasteiger partial charge in [0.15, 0.2) is 0 Å². The quantitative estimate of drug-likeness (QED) is 0.812. The first kappa shape index (κ1) is 13.6. The number of hydrogen-bond donors (Lipinski definition) is 2. The minimum Gasteiger partial charge on any atom is -0.384 e. The largest absolute Gasteiger partial charge is 0.384 e. The summed E-state index contributed by atoms with van der Waals surface area (Å²) in [6.45, 7) is 3.92. The summed E-state index contributed by atoms with van der Waals surface area (Å²) in [6, 6.07) is 5.82. The van der Waals surface area contributed by atoms with Crippen molar-refractivity contribution in [2.24, 2.45) is 5.92 Å². The molecule has 100 valence electrons. The van der Waals surface area contributed by atoms with Crippen LogP contribution in [0.4, 0.5) is 0 Å². The first-order valence-corrected chi connectivity index (χ1v) is 6.67. The van der Waals surface area contributed by atoms with Crippen molar-refractivity contribution in [1.82, 2.24) is 5.32 Å². The van der Waals surface area contributed by atoms with Crippen LogP contribution in [0.5, 0.6) is 0 Å². The van der Waals surface area contributed by atoms with Crippen LogP contribution in [0.25, 0.3) is 0 Å². The van der Waals surface area contributed by atoms with Gasteiger partial charge in [0.25, 0.3) is 5.91 Å². The Morgan fingerprint density at radius 3 is 2.89 bits per heavy atom. The van der Waals surface area contributed by atoms with Crippen LogP contribution in [0.2, 0.25) is 0 Å². The third-order valence-corrected chi connectivity index (χ3v) is 3.55. The van der Waals surface area contributed by atoms with E-state index >= 15 is 0 Å². The number of aliphatic hydroxyl groups is 1. The fourth-order valence-electron chi connectivity index (χ4n) is 2.21. The smallest absolute Gasteiger partial charge is 0.251 e. The molecule has 1 aliphatic rings. The highest BCUT2D eigenvalue weighted by molar-refractivity contribution is 5.95. The monoisotopic (exact) mass is 257 g/mol. The van der Waals surface area contributed by atoms with E-state index in [2.05, 4.69) is 24.1 Å². The van der Waals surface area contributed by atoms with Crippen LogP contribution in [0.15, 0.2) is 18.2 Å². The summed E-state index contributed by atoms with van der Waals surface area (Å²) < 4.78 is 0. The predicted molar refractivity (Wildman–Crippen MR) is 74.8 cm³/mol. The van der Waals surface area contributed by atoms with Crippen molar-refractivity contribution < 1.29 is 9.90 Å². The van der Waals surface area contributed by atoms with E-state index in [1.54, 1.807) is 6.07 Å². The van der Waals surface area contributed by atoms with Gasteiger partial charge in [0.2, 0.25) is 0 Å². The zero-order valence-electron chi connectivity index (χ0n) is 11.4. The summed E-state index contributed by atoms with van der Waals surface area (Å²) in [4.78, 5) is 12.0. The van der Waals surface area contributed by atoms with Gasteiger partial charge < -0.3 is 10.4 Å². The Labute approximate surface area is 114 Å². The van der Waals surface area contributed by atoms with Gasteiger partial charge in [0.05, 0.1) is 0 Å². The SMILES string of the molecule is CCC1CC1NC(=O)c1ccc(C#CCO)c(C)c1. The van der Waals surface area contributed by atoms with Gasteiger partial charge in [-0.1, -0.05) is 25.2 Å². The number of benzene rings is 1. The normalized spacial score (nSPS) is 20.4. The van der Waals surface area contributed by atoms with Gasteiger partial charge in [0, 0.05) is 17.2 Å². The molecule has 3 nitrogen and oxygen atoms in total. The molecule has 2 unspecified atom stereocenters. The first-order valence-electron chi connectivity index (χ1n) is 6.67. The lowest BCUT2D eigenvalue weighted by atomic mass is 10.0. The van der Waals surface area contributed by atoms with Crippen molar-refractivity contribution in [2.75, 3.05) is 6.61 Å². The van der Waals surface area contributed by atoms with Gasteiger partial charge in [-0.3, -0.25) is 4.79 Å². The maximum Gasteiger partial charge on any atom is 0.251 e. The van der Waals surface area contributed by atoms with Crippen LogP contribution in [0.3, 0.4) is 0 Å². The standard InChI is InChI=1S/C16H19NO2/c1-3-12-10-15(12)17-16(19)14-7-6-13(5-4-8-18)11(2)9-14/h6-7,9,12,15,18H,3,8,10H2,1-2H3,(H,17,19). The lowest BCUT2D eigenvalue weighted by Gasteiger charge is -2.06. The second-order valence-corrected chi connectivity index (χ2v) is 4.97. The van der Waals surface area contributed by atoms with E-state index in [0.717, 1.165) is 24.0 Å². The Balaban J connectivity index is 2.05. The third kappa shape index (κ3) is 3.36. The first-order chi connectivity index (χ1) is 9.15. The minimum absolute atomic E-state index is 0.00860. The molecule has 1 amide bonds. The molecule has 1 aromatic carbocycles. The topological polar surface area (TPSA) is 49.3 Å². The number of carbonyl (C=O) groups excluding carboxylic acids is 1. The Bertz CT molecular complexity index is 539. The number of aryl methyl sites for hydroxylation is 1. The van der Waals surface area contributed by atoms with Crippen LogP contribution in [0, 0.1) is 24.7 Å². The average Bonchev–Trinajstić information content (AvgIpc) is 3.15. The Kier molecular flexibility index (Phi) is 4.24. The number of hydrogen-bond acceptors (Lipinski definition) is 2. The van der Waals surface area contributed by atoms with E-state index in [4.69, 9.17) is 5.11 Å². The summed E-state index contributed by atoms with van der Waals surface area (Å²) in [5.41, 5.74) is 2.48. The van der Waals surface area contributed by atoms with Crippen LogP contribution in [-0.2, 0) is 0 Å².